The SMILES string of the molecule is O=C(CNC(=O)c1ccc(Cl)cc1)NN=Cc1cccc(OCc2ccccc2)c1. The summed E-state index contributed by atoms with van der Waals surface area (Å²) in [4.78, 5) is 23.8. The van der Waals surface area contributed by atoms with Gasteiger partial charge in [-0.25, -0.2) is 5.43 Å². The van der Waals surface area contributed by atoms with E-state index in [9.17, 15) is 9.59 Å². The summed E-state index contributed by atoms with van der Waals surface area (Å²) in [6.07, 6.45) is 1.51. The van der Waals surface area contributed by atoms with Crippen molar-refractivity contribution >= 4 is 29.6 Å². The molecule has 30 heavy (non-hydrogen) atoms. The summed E-state index contributed by atoms with van der Waals surface area (Å²) < 4.78 is 5.77. The molecule has 0 fully saturated rings. The average molecular weight is 422 g/mol. The maximum Gasteiger partial charge on any atom is 0.259 e. The molecule has 6 nitrogen and oxygen atoms in total. The number of carbonyl (C=O) groups is 2. The maximum atomic E-state index is 12.0. The second-order valence-electron chi connectivity index (χ2n) is 6.33. The van der Waals surface area contributed by atoms with Crippen molar-refractivity contribution in [1.82, 2.24) is 10.7 Å². The third-order valence-corrected chi connectivity index (χ3v) is 4.28. The first-order valence-electron chi connectivity index (χ1n) is 9.22. The van der Waals surface area contributed by atoms with Crippen LogP contribution in [0.5, 0.6) is 5.75 Å². The van der Waals surface area contributed by atoms with Gasteiger partial charge in [0, 0.05) is 10.6 Å². The van der Waals surface area contributed by atoms with Gasteiger partial charge in [0.05, 0.1) is 12.8 Å². The molecule has 0 bridgehead atoms. The highest BCUT2D eigenvalue weighted by atomic mass is 35.5. The van der Waals surface area contributed by atoms with Crippen LogP contribution in [0, 0.1) is 0 Å². The molecule has 0 unspecified atom stereocenters. The number of carbonyl (C=O) groups excluding carboxylic acids is 2. The highest BCUT2D eigenvalue weighted by molar-refractivity contribution is 6.30. The van der Waals surface area contributed by atoms with Gasteiger partial charge < -0.3 is 10.1 Å². The second kappa shape index (κ2) is 10.8. The van der Waals surface area contributed by atoms with Crippen molar-refractivity contribution in [2.75, 3.05) is 6.54 Å². The second-order valence-corrected chi connectivity index (χ2v) is 6.77. The Labute approximate surface area is 179 Å². The molecule has 0 aromatic heterocycles. The van der Waals surface area contributed by atoms with E-state index in [0.717, 1.165) is 11.1 Å². The van der Waals surface area contributed by atoms with Crippen molar-refractivity contribution in [2.45, 2.75) is 6.61 Å². The summed E-state index contributed by atoms with van der Waals surface area (Å²) in [5.74, 6) is -0.108. The van der Waals surface area contributed by atoms with Crippen molar-refractivity contribution in [3.05, 3.63) is 101 Å². The van der Waals surface area contributed by atoms with Crippen molar-refractivity contribution in [1.29, 1.82) is 0 Å². The van der Waals surface area contributed by atoms with Crippen LogP contribution >= 0.6 is 11.6 Å². The highest BCUT2D eigenvalue weighted by Crippen LogP contribution is 2.14. The van der Waals surface area contributed by atoms with Crippen molar-refractivity contribution < 1.29 is 14.3 Å². The van der Waals surface area contributed by atoms with Gasteiger partial charge in [-0.05, 0) is 47.5 Å². The summed E-state index contributed by atoms with van der Waals surface area (Å²) in [5.41, 5.74) is 4.64. The van der Waals surface area contributed by atoms with Gasteiger partial charge in [0.1, 0.15) is 12.4 Å². The Morgan fingerprint density at radius 1 is 0.967 bits per heavy atom. The summed E-state index contributed by atoms with van der Waals surface area (Å²) in [6.45, 7) is 0.268. The Hall–Kier alpha value is -3.64. The lowest BCUT2D eigenvalue weighted by atomic mass is 10.2. The quantitative estimate of drug-likeness (QED) is 0.429. The zero-order valence-electron chi connectivity index (χ0n) is 16.0. The Morgan fingerprint density at radius 3 is 2.50 bits per heavy atom. The van der Waals surface area contributed by atoms with E-state index in [-0.39, 0.29) is 12.5 Å². The van der Waals surface area contributed by atoms with Crippen LogP contribution in [0.1, 0.15) is 21.5 Å². The first kappa shape index (κ1) is 21.1. The van der Waals surface area contributed by atoms with E-state index in [1.807, 2.05) is 54.6 Å². The first-order valence-corrected chi connectivity index (χ1v) is 9.60. The lowest BCUT2D eigenvalue weighted by Crippen LogP contribution is -2.34. The number of hydrogen-bond donors (Lipinski definition) is 2. The summed E-state index contributed by atoms with van der Waals surface area (Å²) in [6, 6.07) is 23.6. The van der Waals surface area contributed by atoms with Gasteiger partial charge >= 0.3 is 0 Å². The molecule has 0 radical (unpaired) electrons. The molecule has 0 aliphatic carbocycles. The molecule has 0 saturated carbocycles. The van der Waals surface area contributed by atoms with E-state index in [1.54, 1.807) is 24.3 Å². The molecule has 0 aliphatic rings. The molecule has 2 amide bonds. The molecule has 2 N–H and O–H groups in total. The molecule has 3 rings (SSSR count). The summed E-state index contributed by atoms with van der Waals surface area (Å²) in [7, 11) is 0. The molecular formula is C23H20ClN3O3. The Kier molecular flexibility index (Phi) is 7.58. The third-order valence-electron chi connectivity index (χ3n) is 4.03. The van der Waals surface area contributed by atoms with Crippen LogP contribution in [-0.2, 0) is 11.4 Å². The molecule has 0 heterocycles. The van der Waals surface area contributed by atoms with Crippen molar-refractivity contribution in [3.8, 4) is 5.75 Å². The first-order chi connectivity index (χ1) is 14.6. The van der Waals surface area contributed by atoms with Crippen LogP contribution in [-0.4, -0.2) is 24.6 Å². The largest absolute Gasteiger partial charge is 0.489 e. The smallest absolute Gasteiger partial charge is 0.259 e. The van der Waals surface area contributed by atoms with Crippen LogP contribution in [0.25, 0.3) is 0 Å². The van der Waals surface area contributed by atoms with Gasteiger partial charge in [0.25, 0.3) is 11.8 Å². The Bertz CT molecular complexity index is 1020. The molecule has 152 valence electrons. The van der Waals surface area contributed by atoms with Crippen LogP contribution in [0.15, 0.2) is 84.0 Å². The number of nitrogens with one attached hydrogen (secondary N) is 2. The monoisotopic (exact) mass is 421 g/mol. The topological polar surface area (TPSA) is 79.8 Å². The fraction of sp³-hybridized carbons (Fsp3) is 0.0870. The van der Waals surface area contributed by atoms with Crippen LogP contribution in [0.2, 0.25) is 5.02 Å². The number of hydrogen-bond acceptors (Lipinski definition) is 4. The van der Waals surface area contributed by atoms with Gasteiger partial charge in [-0.15, -0.1) is 0 Å². The van der Waals surface area contributed by atoms with E-state index >= 15 is 0 Å². The van der Waals surface area contributed by atoms with Gasteiger partial charge in [0.2, 0.25) is 0 Å². The van der Waals surface area contributed by atoms with E-state index < -0.39 is 5.91 Å². The number of rotatable bonds is 8. The number of amides is 2. The third kappa shape index (κ3) is 6.76. The standard InChI is InChI=1S/C23H20ClN3O3/c24-20-11-9-19(10-12-20)23(29)25-15-22(28)27-26-14-18-7-4-8-21(13-18)30-16-17-5-2-1-3-6-17/h1-14H,15-16H2,(H,25,29)(H,27,28). The van der Waals surface area contributed by atoms with Crippen molar-refractivity contribution in [3.63, 3.8) is 0 Å². The molecule has 0 spiro atoms. The number of nitrogens with zero attached hydrogens (tertiary/aromatic N) is 1. The van der Waals surface area contributed by atoms with Gasteiger partial charge in [-0.2, -0.15) is 5.10 Å². The predicted molar refractivity (Wildman–Crippen MR) is 117 cm³/mol. The number of halogens is 1. The highest BCUT2D eigenvalue weighted by Gasteiger charge is 2.07. The van der Waals surface area contributed by atoms with E-state index in [0.29, 0.717) is 22.9 Å². The Morgan fingerprint density at radius 2 is 1.73 bits per heavy atom. The summed E-state index contributed by atoms with van der Waals surface area (Å²) in [5, 5.41) is 6.97. The minimum Gasteiger partial charge on any atom is -0.489 e. The molecule has 3 aromatic rings. The number of hydrazone groups is 1. The van der Waals surface area contributed by atoms with E-state index in [2.05, 4.69) is 15.8 Å². The minimum atomic E-state index is -0.440. The molecule has 0 saturated heterocycles. The van der Waals surface area contributed by atoms with Gasteiger partial charge in [0.15, 0.2) is 0 Å². The zero-order valence-corrected chi connectivity index (χ0v) is 16.8. The molecule has 0 aliphatic heterocycles. The number of benzene rings is 3. The van der Waals surface area contributed by atoms with Crippen LogP contribution in [0.4, 0.5) is 0 Å². The number of ether oxygens (including phenoxy) is 1. The molecule has 0 atom stereocenters. The molecule has 3 aromatic carbocycles. The zero-order chi connectivity index (χ0) is 21.2. The van der Waals surface area contributed by atoms with Crippen molar-refractivity contribution in [2.24, 2.45) is 5.10 Å². The van der Waals surface area contributed by atoms with Gasteiger partial charge in [-0.3, -0.25) is 9.59 Å². The molecular weight excluding hydrogens is 402 g/mol. The van der Waals surface area contributed by atoms with Crippen LogP contribution < -0.4 is 15.5 Å². The minimum absolute atomic E-state index is 0.195. The molecule has 7 heteroatoms. The lowest BCUT2D eigenvalue weighted by molar-refractivity contribution is -0.120. The average Bonchev–Trinajstić information content (AvgIpc) is 2.77. The predicted octanol–water partition coefficient (Wildman–Crippen LogP) is 3.80. The van der Waals surface area contributed by atoms with Gasteiger partial charge in [-0.1, -0.05) is 54.1 Å². The fourth-order valence-electron chi connectivity index (χ4n) is 2.51. The fourth-order valence-corrected chi connectivity index (χ4v) is 2.63. The lowest BCUT2D eigenvalue weighted by Gasteiger charge is -2.07. The summed E-state index contributed by atoms with van der Waals surface area (Å²) >= 11 is 5.79. The maximum absolute atomic E-state index is 12.0. The van der Waals surface area contributed by atoms with E-state index in [1.165, 1.54) is 6.21 Å². The van der Waals surface area contributed by atoms with E-state index in [4.69, 9.17) is 16.3 Å². The van der Waals surface area contributed by atoms with Crippen LogP contribution in [0.3, 0.4) is 0 Å². The Balaban J connectivity index is 1.44. The normalized spacial score (nSPS) is 10.6.